The number of fused-ring (bicyclic) bond motifs is 1. The van der Waals surface area contributed by atoms with Crippen molar-refractivity contribution in [2.45, 2.75) is 6.92 Å². The Morgan fingerprint density at radius 1 is 1.36 bits per heavy atom. The van der Waals surface area contributed by atoms with Crippen molar-refractivity contribution < 1.29 is 14.6 Å². The Labute approximate surface area is 82.7 Å². The highest BCUT2D eigenvalue weighted by molar-refractivity contribution is 5.61. The van der Waals surface area contributed by atoms with Crippen LogP contribution in [0.4, 0.5) is 5.69 Å². The monoisotopic (exact) mass is 195 g/mol. The van der Waals surface area contributed by atoms with Gasteiger partial charge in [-0.2, -0.15) is 0 Å². The summed E-state index contributed by atoms with van der Waals surface area (Å²) in [5.74, 6) is 1.52. The van der Waals surface area contributed by atoms with Gasteiger partial charge in [-0.25, -0.2) is 0 Å². The molecule has 1 N–H and O–H groups in total. The van der Waals surface area contributed by atoms with Gasteiger partial charge in [0.1, 0.15) is 6.73 Å². The molecule has 0 atom stereocenters. The van der Waals surface area contributed by atoms with Crippen molar-refractivity contribution in [1.82, 2.24) is 0 Å². The van der Waals surface area contributed by atoms with E-state index in [1.807, 2.05) is 26.1 Å². The highest BCUT2D eigenvalue weighted by Gasteiger charge is 2.16. The molecule has 0 saturated carbocycles. The summed E-state index contributed by atoms with van der Waals surface area (Å²) in [4.78, 5) is 1.75. The van der Waals surface area contributed by atoms with Gasteiger partial charge in [-0.1, -0.05) is 0 Å². The largest absolute Gasteiger partial charge is 0.454 e. The molecule has 0 unspecified atom stereocenters. The molecule has 1 aliphatic rings. The maximum absolute atomic E-state index is 9.02. The van der Waals surface area contributed by atoms with Crippen LogP contribution in [-0.4, -0.2) is 25.7 Å². The summed E-state index contributed by atoms with van der Waals surface area (Å²) >= 11 is 0. The summed E-state index contributed by atoms with van der Waals surface area (Å²) in [5, 5.41) is 9.02. The van der Waals surface area contributed by atoms with Gasteiger partial charge in [0.05, 0.1) is 0 Å². The van der Waals surface area contributed by atoms with Gasteiger partial charge in [0.25, 0.3) is 0 Å². The van der Waals surface area contributed by atoms with E-state index in [1.54, 1.807) is 4.90 Å². The Morgan fingerprint density at radius 2 is 2.00 bits per heavy atom. The van der Waals surface area contributed by atoms with Crippen LogP contribution >= 0.6 is 0 Å². The predicted molar refractivity (Wildman–Crippen MR) is 52.8 cm³/mol. The molecular weight excluding hydrogens is 182 g/mol. The van der Waals surface area contributed by atoms with Gasteiger partial charge in [-0.05, 0) is 18.6 Å². The lowest BCUT2D eigenvalue weighted by Gasteiger charge is -2.18. The molecule has 4 heteroatoms. The van der Waals surface area contributed by atoms with Gasteiger partial charge < -0.3 is 19.5 Å². The molecular formula is C10H13NO3. The van der Waals surface area contributed by atoms with Crippen LogP contribution < -0.4 is 14.4 Å². The fourth-order valence-electron chi connectivity index (χ4n) is 1.52. The molecule has 2 rings (SSSR count). The molecule has 0 amide bonds. The van der Waals surface area contributed by atoms with Gasteiger partial charge >= 0.3 is 0 Å². The van der Waals surface area contributed by atoms with E-state index in [9.17, 15) is 0 Å². The number of hydrogen-bond donors (Lipinski definition) is 1. The number of hydrogen-bond acceptors (Lipinski definition) is 4. The zero-order chi connectivity index (χ0) is 10.1. The Bertz CT molecular complexity index is 351. The van der Waals surface area contributed by atoms with E-state index in [0.717, 1.165) is 22.7 Å². The number of aliphatic hydroxyl groups excluding tert-OH is 1. The van der Waals surface area contributed by atoms with Crippen LogP contribution in [-0.2, 0) is 0 Å². The van der Waals surface area contributed by atoms with E-state index in [2.05, 4.69) is 0 Å². The lowest BCUT2D eigenvalue weighted by molar-refractivity contribution is 0.174. The average molecular weight is 195 g/mol. The third-order valence-corrected chi connectivity index (χ3v) is 2.31. The molecule has 1 heterocycles. The molecule has 0 saturated heterocycles. The summed E-state index contributed by atoms with van der Waals surface area (Å²) < 4.78 is 10.5. The first kappa shape index (κ1) is 9.15. The molecule has 0 aromatic heterocycles. The lowest BCUT2D eigenvalue weighted by atomic mass is 10.1. The first-order chi connectivity index (χ1) is 6.72. The third-order valence-electron chi connectivity index (χ3n) is 2.31. The van der Waals surface area contributed by atoms with Crippen molar-refractivity contribution >= 4 is 5.69 Å². The summed E-state index contributed by atoms with van der Waals surface area (Å²) in [6, 6.07) is 3.80. The molecule has 76 valence electrons. The number of nitrogens with zero attached hydrogens (tertiary/aromatic N) is 1. The number of aliphatic hydroxyl groups is 1. The van der Waals surface area contributed by atoms with E-state index < -0.39 is 0 Å². The molecule has 0 spiro atoms. The molecule has 1 aromatic carbocycles. The average Bonchev–Trinajstić information content (AvgIpc) is 2.62. The summed E-state index contributed by atoms with van der Waals surface area (Å²) in [7, 11) is 1.82. The second-order valence-electron chi connectivity index (χ2n) is 3.33. The molecule has 1 aromatic rings. The molecule has 0 bridgehead atoms. The number of aryl methyl sites for hydroxylation is 1. The summed E-state index contributed by atoms with van der Waals surface area (Å²) in [6.07, 6.45) is 0. The fourth-order valence-corrected chi connectivity index (χ4v) is 1.52. The molecule has 0 radical (unpaired) electrons. The van der Waals surface area contributed by atoms with Gasteiger partial charge in [-0.15, -0.1) is 0 Å². The van der Waals surface area contributed by atoms with Crippen LogP contribution in [0.15, 0.2) is 12.1 Å². The normalized spacial score (nSPS) is 13.1. The summed E-state index contributed by atoms with van der Waals surface area (Å²) in [5.41, 5.74) is 2.02. The fraction of sp³-hybridized carbons (Fsp3) is 0.400. The molecule has 14 heavy (non-hydrogen) atoms. The predicted octanol–water partition coefficient (Wildman–Crippen LogP) is 1.11. The van der Waals surface area contributed by atoms with Gasteiger partial charge in [0.15, 0.2) is 11.5 Å². The van der Waals surface area contributed by atoms with Crippen molar-refractivity contribution in [3.63, 3.8) is 0 Å². The van der Waals surface area contributed by atoms with Gasteiger partial charge in [-0.3, -0.25) is 0 Å². The number of anilines is 1. The van der Waals surface area contributed by atoms with E-state index >= 15 is 0 Å². The molecule has 0 aliphatic carbocycles. The first-order valence-corrected chi connectivity index (χ1v) is 4.44. The minimum Gasteiger partial charge on any atom is -0.454 e. The van der Waals surface area contributed by atoms with Crippen molar-refractivity contribution in [3.05, 3.63) is 17.7 Å². The van der Waals surface area contributed by atoms with Crippen molar-refractivity contribution in [2.75, 3.05) is 25.5 Å². The maximum atomic E-state index is 9.02. The van der Waals surface area contributed by atoms with Crippen LogP contribution in [0, 0.1) is 6.92 Å². The van der Waals surface area contributed by atoms with Crippen molar-refractivity contribution in [3.8, 4) is 11.5 Å². The van der Waals surface area contributed by atoms with Crippen LogP contribution in [0.25, 0.3) is 0 Å². The number of rotatable bonds is 2. The van der Waals surface area contributed by atoms with Crippen LogP contribution in [0.5, 0.6) is 11.5 Å². The zero-order valence-corrected chi connectivity index (χ0v) is 8.28. The SMILES string of the molecule is Cc1cc2c(cc1N(C)CO)OCO2. The third kappa shape index (κ3) is 1.37. The second-order valence-corrected chi connectivity index (χ2v) is 3.33. The van der Waals surface area contributed by atoms with Crippen LogP contribution in [0.2, 0.25) is 0 Å². The Kier molecular flexibility index (Phi) is 2.21. The highest BCUT2D eigenvalue weighted by Crippen LogP contribution is 2.37. The zero-order valence-electron chi connectivity index (χ0n) is 8.28. The molecule has 4 nitrogen and oxygen atoms in total. The maximum Gasteiger partial charge on any atom is 0.231 e. The van der Waals surface area contributed by atoms with Crippen molar-refractivity contribution in [1.29, 1.82) is 0 Å². The number of benzene rings is 1. The standard InChI is InChI=1S/C10H13NO3/c1-7-3-9-10(14-6-13-9)4-8(7)11(2)5-12/h3-4,12H,5-6H2,1-2H3. The quantitative estimate of drug-likeness (QED) is 0.718. The van der Waals surface area contributed by atoms with E-state index in [4.69, 9.17) is 14.6 Å². The van der Waals surface area contributed by atoms with Crippen molar-refractivity contribution in [2.24, 2.45) is 0 Å². The Hall–Kier alpha value is -1.42. The minimum atomic E-state index is -0.0134. The Morgan fingerprint density at radius 3 is 2.64 bits per heavy atom. The van der Waals surface area contributed by atoms with Gasteiger partial charge in [0, 0.05) is 18.8 Å². The van der Waals surface area contributed by atoms with E-state index in [1.165, 1.54) is 0 Å². The van der Waals surface area contributed by atoms with Crippen LogP contribution in [0.1, 0.15) is 5.56 Å². The van der Waals surface area contributed by atoms with Crippen LogP contribution in [0.3, 0.4) is 0 Å². The smallest absolute Gasteiger partial charge is 0.231 e. The summed E-state index contributed by atoms with van der Waals surface area (Å²) in [6.45, 7) is 2.24. The Balaban J connectivity index is 2.42. The topological polar surface area (TPSA) is 41.9 Å². The van der Waals surface area contributed by atoms with Gasteiger partial charge in [0.2, 0.25) is 6.79 Å². The first-order valence-electron chi connectivity index (χ1n) is 4.44. The second kappa shape index (κ2) is 3.38. The number of ether oxygens (including phenoxy) is 2. The molecule has 0 fully saturated rings. The highest BCUT2D eigenvalue weighted by atomic mass is 16.7. The van der Waals surface area contributed by atoms with E-state index in [0.29, 0.717) is 0 Å². The lowest BCUT2D eigenvalue weighted by Crippen LogP contribution is -2.18. The molecule has 1 aliphatic heterocycles. The van der Waals surface area contributed by atoms with E-state index in [-0.39, 0.29) is 13.5 Å². The minimum absolute atomic E-state index is 0.0134.